The first-order chi connectivity index (χ1) is 40.0. The van der Waals surface area contributed by atoms with Crippen LogP contribution in [-0.4, -0.2) is 37.2 Å². The lowest BCUT2D eigenvalue weighted by atomic mass is 10.0. The van der Waals surface area contributed by atoms with E-state index in [4.69, 9.17) is 14.2 Å². The number of esters is 3. The van der Waals surface area contributed by atoms with Crippen LogP contribution in [0.4, 0.5) is 0 Å². The van der Waals surface area contributed by atoms with Crippen LogP contribution >= 0.6 is 0 Å². The molecule has 464 valence electrons. The molecule has 0 aliphatic carbocycles. The highest BCUT2D eigenvalue weighted by atomic mass is 16.6. The third-order valence-electron chi connectivity index (χ3n) is 14.7. The second kappa shape index (κ2) is 68.6. The maximum absolute atomic E-state index is 12.9. The number of carbonyl (C=O) groups is 3. The van der Waals surface area contributed by atoms with Gasteiger partial charge in [0.1, 0.15) is 13.2 Å². The van der Waals surface area contributed by atoms with Gasteiger partial charge in [-0.05, 0) is 122 Å². The van der Waals surface area contributed by atoms with Gasteiger partial charge in [-0.1, -0.05) is 297 Å². The molecule has 0 amide bonds. The van der Waals surface area contributed by atoms with Gasteiger partial charge in [0.25, 0.3) is 0 Å². The van der Waals surface area contributed by atoms with E-state index in [1.54, 1.807) is 0 Å². The molecule has 0 aromatic carbocycles. The summed E-state index contributed by atoms with van der Waals surface area (Å²) in [7, 11) is 0. The van der Waals surface area contributed by atoms with E-state index in [9.17, 15) is 14.4 Å². The summed E-state index contributed by atoms with van der Waals surface area (Å²) in [5.74, 6) is -0.935. The van der Waals surface area contributed by atoms with E-state index in [0.29, 0.717) is 19.3 Å². The molecule has 81 heavy (non-hydrogen) atoms. The molecule has 6 nitrogen and oxygen atoms in total. The fourth-order valence-corrected chi connectivity index (χ4v) is 9.66. The predicted molar refractivity (Wildman–Crippen MR) is 353 cm³/mol. The average Bonchev–Trinajstić information content (AvgIpc) is 3.46. The van der Waals surface area contributed by atoms with Gasteiger partial charge >= 0.3 is 17.9 Å². The van der Waals surface area contributed by atoms with Gasteiger partial charge in [-0.3, -0.25) is 14.4 Å². The van der Waals surface area contributed by atoms with Crippen molar-refractivity contribution in [3.05, 3.63) is 109 Å². The summed E-state index contributed by atoms with van der Waals surface area (Å²) in [5.41, 5.74) is 0. The van der Waals surface area contributed by atoms with Crippen LogP contribution in [0.15, 0.2) is 109 Å². The van der Waals surface area contributed by atoms with Crippen LogP contribution in [0.1, 0.15) is 329 Å². The Kier molecular flexibility index (Phi) is 65.2. The fourth-order valence-electron chi connectivity index (χ4n) is 9.66. The molecule has 0 aromatic rings. The molecule has 0 radical (unpaired) electrons. The van der Waals surface area contributed by atoms with Crippen LogP contribution in [0, 0.1) is 0 Å². The molecule has 6 heteroatoms. The van der Waals surface area contributed by atoms with Crippen molar-refractivity contribution in [3.63, 3.8) is 0 Å². The van der Waals surface area contributed by atoms with E-state index in [-0.39, 0.29) is 31.1 Å². The van der Waals surface area contributed by atoms with E-state index in [2.05, 4.69) is 130 Å². The summed E-state index contributed by atoms with van der Waals surface area (Å²) in [6, 6.07) is 0. The summed E-state index contributed by atoms with van der Waals surface area (Å²) >= 11 is 0. The first-order valence-corrected chi connectivity index (χ1v) is 34.4. The van der Waals surface area contributed by atoms with Crippen molar-refractivity contribution in [2.75, 3.05) is 13.2 Å². The monoisotopic (exact) mass is 1120 g/mol. The zero-order valence-electron chi connectivity index (χ0n) is 53.3. The van der Waals surface area contributed by atoms with Crippen molar-refractivity contribution in [1.29, 1.82) is 0 Å². The maximum atomic E-state index is 12.9. The Morgan fingerprint density at radius 2 is 0.481 bits per heavy atom. The molecule has 0 saturated heterocycles. The molecule has 0 aliphatic heterocycles. The Hall–Kier alpha value is -3.93. The molecule has 1 atom stereocenters. The third kappa shape index (κ3) is 66.8. The third-order valence-corrected chi connectivity index (χ3v) is 14.7. The van der Waals surface area contributed by atoms with Gasteiger partial charge in [0.15, 0.2) is 6.10 Å². The molecule has 0 aliphatic rings. The molecular weight excluding hydrogens is 997 g/mol. The fraction of sp³-hybridized carbons (Fsp3) is 0.720. The van der Waals surface area contributed by atoms with Crippen LogP contribution in [0.5, 0.6) is 0 Å². The average molecular weight is 1130 g/mol. The molecule has 0 heterocycles. The molecule has 0 N–H and O–H groups in total. The molecule has 0 rings (SSSR count). The van der Waals surface area contributed by atoms with Gasteiger partial charge in [-0.2, -0.15) is 0 Å². The van der Waals surface area contributed by atoms with Crippen LogP contribution < -0.4 is 0 Å². The summed E-state index contributed by atoms with van der Waals surface area (Å²) < 4.78 is 16.9. The first kappa shape index (κ1) is 77.1. The number of carbonyl (C=O) groups excluding carboxylic acids is 3. The normalized spacial score (nSPS) is 12.8. The lowest BCUT2D eigenvalue weighted by Crippen LogP contribution is -2.30. The molecular formula is C75H128O6. The van der Waals surface area contributed by atoms with E-state index in [0.717, 1.165) is 135 Å². The number of allylic oxidation sites excluding steroid dienone is 18. The molecule has 0 aromatic heterocycles. The smallest absolute Gasteiger partial charge is 0.306 e. The zero-order valence-corrected chi connectivity index (χ0v) is 53.3. The topological polar surface area (TPSA) is 78.9 Å². The summed E-state index contributed by atoms with van der Waals surface area (Å²) in [6.45, 7) is 6.40. The Morgan fingerprint density at radius 1 is 0.259 bits per heavy atom. The second-order valence-electron chi connectivity index (χ2n) is 22.7. The Labute approximate surface area is 501 Å². The van der Waals surface area contributed by atoms with Crippen molar-refractivity contribution >= 4 is 17.9 Å². The largest absolute Gasteiger partial charge is 0.462 e. The van der Waals surface area contributed by atoms with Crippen molar-refractivity contribution in [2.45, 2.75) is 335 Å². The van der Waals surface area contributed by atoms with Gasteiger partial charge in [-0.25, -0.2) is 0 Å². The Morgan fingerprint density at radius 3 is 0.778 bits per heavy atom. The molecule has 0 spiro atoms. The second-order valence-corrected chi connectivity index (χ2v) is 22.7. The summed E-state index contributed by atoms with van der Waals surface area (Å²) in [4.78, 5) is 38.4. The lowest BCUT2D eigenvalue weighted by molar-refractivity contribution is -0.167. The van der Waals surface area contributed by atoms with Crippen LogP contribution in [0.25, 0.3) is 0 Å². The van der Waals surface area contributed by atoms with Crippen LogP contribution in [-0.2, 0) is 28.6 Å². The highest BCUT2D eigenvalue weighted by molar-refractivity contribution is 5.71. The summed E-state index contributed by atoms with van der Waals surface area (Å²) in [5, 5.41) is 0. The number of unbranched alkanes of at least 4 members (excludes halogenated alkanes) is 33. The van der Waals surface area contributed by atoms with E-state index >= 15 is 0 Å². The van der Waals surface area contributed by atoms with E-state index in [1.165, 1.54) is 154 Å². The maximum Gasteiger partial charge on any atom is 0.306 e. The van der Waals surface area contributed by atoms with E-state index < -0.39 is 6.10 Å². The minimum atomic E-state index is -0.803. The van der Waals surface area contributed by atoms with Crippen molar-refractivity contribution in [2.24, 2.45) is 0 Å². The van der Waals surface area contributed by atoms with Crippen molar-refractivity contribution < 1.29 is 28.6 Å². The summed E-state index contributed by atoms with van der Waals surface area (Å²) in [6.07, 6.45) is 94.1. The standard InChI is InChI=1S/C75H128O6/c1-4-7-10-13-16-19-22-25-27-29-31-33-34-35-36-37-38-39-40-42-43-45-47-50-53-56-59-62-65-68-74(77)80-71-72(70-79-73(76)67-64-61-58-55-52-49-24-21-18-15-12-9-6-3)81-75(78)69-66-63-60-57-54-51-48-46-44-41-32-30-28-26-23-20-17-14-11-8-5-2/h8-9,11-12,17-18,20-21,26,28-29,31-32,41,46,48-49,52,72H,4-7,10,13-16,19,22-25,27,30,33-40,42-45,47,50-51,53-71H2,1-3H3/b11-8-,12-9-,20-17-,21-18-,28-26-,31-29-,41-32-,48-46-,52-49-. The van der Waals surface area contributed by atoms with E-state index in [1.807, 2.05) is 0 Å². The minimum Gasteiger partial charge on any atom is -0.462 e. The highest BCUT2D eigenvalue weighted by Crippen LogP contribution is 2.17. The van der Waals surface area contributed by atoms with Gasteiger partial charge in [0, 0.05) is 19.3 Å². The predicted octanol–water partition coefficient (Wildman–Crippen LogP) is 23.8. The minimum absolute atomic E-state index is 0.0949. The van der Waals surface area contributed by atoms with Gasteiger partial charge < -0.3 is 14.2 Å². The molecule has 0 saturated carbocycles. The molecule has 0 bridgehead atoms. The first-order valence-electron chi connectivity index (χ1n) is 34.4. The van der Waals surface area contributed by atoms with Gasteiger partial charge in [0.2, 0.25) is 0 Å². The Balaban J connectivity index is 4.28. The number of rotatable bonds is 62. The van der Waals surface area contributed by atoms with Crippen molar-refractivity contribution in [3.8, 4) is 0 Å². The lowest BCUT2D eigenvalue weighted by Gasteiger charge is -2.18. The van der Waals surface area contributed by atoms with Crippen LogP contribution in [0.2, 0.25) is 0 Å². The zero-order chi connectivity index (χ0) is 58.5. The number of hydrogen-bond donors (Lipinski definition) is 0. The quantitative estimate of drug-likeness (QED) is 0.0261. The van der Waals surface area contributed by atoms with Crippen molar-refractivity contribution in [1.82, 2.24) is 0 Å². The SMILES string of the molecule is CC/C=C\C/C=C\C/C=C\C/C=C\C/C=C\CCCCCCCC(=O)OC(COC(=O)CCCCC/C=C\C/C=C\C/C=C\CC)COC(=O)CCCCCCCCCCCCCCCCCCC/C=C\CCCCCCCCCC. The van der Waals surface area contributed by atoms with Gasteiger partial charge in [0.05, 0.1) is 0 Å². The van der Waals surface area contributed by atoms with Crippen LogP contribution in [0.3, 0.4) is 0 Å². The molecule has 1 unspecified atom stereocenters. The van der Waals surface area contributed by atoms with Gasteiger partial charge in [-0.15, -0.1) is 0 Å². The highest BCUT2D eigenvalue weighted by Gasteiger charge is 2.19. The number of hydrogen-bond acceptors (Lipinski definition) is 6. The Bertz CT molecular complexity index is 1620. The number of ether oxygens (including phenoxy) is 3. The molecule has 0 fully saturated rings.